The van der Waals surface area contributed by atoms with Gasteiger partial charge in [-0.1, -0.05) is 30.3 Å². The lowest BCUT2D eigenvalue weighted by Crippen LogP contribution is -2.48. The standard InChI is InChI=1S/C11H13F2NO2/c1-11(7-15,14-10(16)9(12)13)8-5-3-2-4-6-8/h2-6,9,15H,7H2,1H3,(H,14,16). The lowest BCUT2D eigenvalue weighted by Gasteiger charge is -2.29. The molecule has 0 saturated heterocycles. The van der Waals surface area contributed by atoms with Crippen molar-refractivity contribution in [2.75, 3.05) is 6.61 Å². The summed E-state index contributed by atoms with van der Waals surface area (Å²) in [5.41, 5.74) is -0.610. The number of rotatable bonds is 4. The van der Waals surface area contributed by atoms with E-state index in [9.17, 15) is 18.7 Å². The monoisotopic (exact) mass is 229 g/mol. The number of benzene rings is 1. The Morgan fingerprint density at radius 3 is 2.44 bits per heavy atom. The number of halogens is 2. The summed E-state index contributed by atoms with van der Waals surface area (Å²) in [5.74, 6) is -1.39. The second-order valence-corrected chi connectivity index (χ2v) is 3.65. The lowest BCUT2D eigenvalue weighted by atomic mass is 9.93. The van der Waals surface area contributed by atoms with Crippen molar-refractivity contribution in [2.45, 2.75) is 18.9 Å². The molecule has 1 amide bonds. The van der Waals surface area contributed by atoms with E-state index in [4.69, 9.17) is 0 Å². The first-order valence-corrected chi connectivity index (χ1v) is 4.76. The molecule has 1 rings (SSSR count). The SMILES string of the molecule is CC(CO)(NC(=O)C(F)F)c1ccccc1. The van der Waals surface area contributed by atoms with E-state index in [2.05, 4.69) is 5.32 Å². The second-order valence-electron chi connectivity index (χ2n) is 3.65. The number of carbonyl (C=O) groups excluding carboxylic acids is 1. The van der Waals surface area contributed by atoms with Crippen LogP contribution in [0.4, 0.5) is 8.78 Å². The summed E-state index contributed by atoms with van der Waals surface area (Å²) in [4.78, 5) is 10.9. The molecular weight excluding hydrogens is 216 g/mol. The van der Waals surface area contributed by atoms with E-state index in [1.165, 1.54) is 6.92 Å². The van der Waals surface area contributed by atoms with Gasteiger partial charge >= 0.3 is 6.43 Å². The predicted molar refractivity (Wildman–Crippen MR) is 55.0 cm³/mol. The lowest BCUT2D eigenvalue weighted by molar-refractivity contribution is -0.134. The summed E-state index contributed by atoms with van der Waals surface area (Å²) in [6, 6.07) is 8.48. The topological polar surface area (TPSA) is 49.3 Å². The molecule has 1 aromatic carbocycles. The van der Waals surface area contributed by atoms with Crippen LogP contribution < -0.4 is 5.32 Å². The highest BCUT2D eigenvalue weighted by molar-refractivity contribution is 5.80. The van der Waals surface area contributed by atoms with E-state index in [0.717, 1.165) is 0 Å². The number of aliphatic hydroxyl groups excluding tert-OH is 1. The summed E-state index contributed by atoms with van der Waals surface area (Å²) < 4.78 is 24.2. The smallest absolute Gasteiger partial charge is 0.315 e. The third-order valence-electron chi connectivity index (χ3n) is 2.32. The fourth-order valence-electron chi connectivity index (χ4n) is 1.34. The normalized spacial score (nSPS) is 14.6. The van der Waals surface area contributed by atoms with Crippen LogP contribution in [0.25, 0.3) is 0 Å². The molecule has 0 radical (unpaired) electrons. The molecule has 1 atom stereocenters. The molecule has 0 heterocycles. The number of aliphatic hydroxyl groups is 1. The Hall–Kier alpha value is -1.49. The largest absolute Gasteiger partial charge is 0.394 e. The van der Waals surface area contributed by atoms with Gasteiger partial charge in [0.05, 0.1) is 12.1 Å². The van der Waals surface area contributed by atoms with Gasteiger partial charge in [-0.15, -0.1) is 0 Å². The molecule has 0 bridgehead atoms. The average molecular weight is 229 g/mol. The van der Waals surface area contributed by atoms with Crippen LogP contribution >= 0.6 is 0 Å². The zero-order valence-electron chi connectivity index (χ0n) is 8.78. The van der Waals surface area contributed by atoms with Gasteiger partial charge < -0.3 is 10.4 Å². The van der Waals surface area contributed by atoms with Crippen LogP contribution in [0, 0.1) is 0 Å². The minimum Gasteiger partial charge on any atom is -0.394 e. The molecule has 2 N–H and O–H groups in total. The summed E-state index contributed by atoms with van der Waals surface area (Å²) >= 11 is 0. The van der Waals surface area contributed by atoms with E-state index in [0.29, 0.717) is 5.56 Å². The molecule has 1 unspecified atom stereocenters. The number of amides is 1. The van der Waals surface area contributed by atoms with Gasteiger partial charge in [0.25, 0.3) is 5.91 Å². The van der Waals surface area contributed by atoms with Gasteiger partial charge in [0.1, 0.15) is 0 Å². The van der Waals surface area contributed by atoms with Gasteiger partial charge in [0, 0.05) is 0 Å². The molecule has 1 aromatic rings. The molecule has 0 spiro atoms. The number of hydrogen-bond acceptors (Lipinski definition) is 2. The minimum atomic E-state index is -3.09. The van der Waals surface area contributed by atoms with Gasteiger partial charge in [-0.05, 0) is 12.5 Å². The van der Waals surface area contributed by atoms with Crippen molar-refractivity contribution < 1.29 is 18.7 Å². The minimum absolute atomic E-state index is 0.449. The van der Waals surface area contributed by atoms with Crippen molar-refractivity contribution in [1.29, 1.82) is 0 Å². The van der Waals surface area contributed by atoms with Crippen molar-refractivity contribution in [3.63, 3.8) is 0 Å². The van der Waals surface area contributed by atoms with Crippen molar-refractivity contribution in [3.05, 3.63) is 35.9 Å². The highest BCUT2D eigenvalue weighted by Gasteiger charge is 2.30. The molecule has 0 aromatic heterocycles. The molecule has 0 fully saturated rings. The molecule has 3 nitrogen and oxygen atoms in total. The van der Waals surface area contributed by atoms with Gasteiger partial charge in [0.15, 0.2) is 0 Å². The highest BCUT2D eigenvalue weighted by Crippen LogP contribution is 2.20. The Morgan fingerprint density at radius 2 is 2.00 bits per heavy atom. The fraction of sp³-hybridized carbons (Fsp3) is 0.364. The Bertz CT molecular complexity index is 356. The van der Waals surface area contributed by atoms with Gasteiger partial charge in [-0.3, -0.25) is 4.79 Å². The Morgan fingerprint density at radius 1 is 1.44 bits per heavy atom. The zero-order chi connectivity index (χ0) is 12.2. The third kappa shape index (κ3) is 2.76. The first-order valence-electron chi connectivity index (χ1n) is 4.76. The molecule has 5 heteroatoms. The van der Waals surface area contributed by atoms with Crippen molar-refractivity contribution in [1.82, 2.24) is 5.32 Å². The molecule has 0 aliphatic carbocycles. The van der Waals surface area contributed by atoms with E-state index in [1.54, 1.807) is 30.3 Å². The average Bonchev–Trinajstić information content (AvgIpc) is 2.29. The molecular formula is C11H13F2NO2. The summed E-state index contributed by atoms with van der Waals surface area (Å²) in [7, 11) is 0. The Balaban J connectivity index is 2.90. The fourth-order valence-corrected chi connectivity index (χ4v) is 1.34. The first-order chi connectivity index (χ1) is 7.49. The number of nitrogens with one attached hydrogen (secondary N) is 1. The summed E-state index contributed by atoms with van der Waals surface area (Å²) in [5, 5.41) is 11.3. The van der Waals surface area contributed by atoms with Gasteiger partial charge in [-0.2, -0.15) is 8.78 Å². The molecule has 0 aliphatic heterocycles. The van der Waals surface area contributed by atoms with E-state index in [1.807, 2.05) is 0 Å². The number of alkyl halides is 2. The van der Waals surface area contributed by atoms with E-state index in [-0.39, 0.29) is 0 Å². The maximum absolute atomic E-state index is 12.1. The van der Waals surface area contributed by atoms with Crippen LogP contribution in [0.5, 0.6) is 0 Å². The van der Waals surface area contributed by atoms with Crippen LogP contribution in [0.3, 0.4) is 0 Å². The van der Waals surface area contributed by atoms with E-state index < -0.39 is 24.5 Å². The van der Waals surface area contributed by atoms with Gasteiger partial charge in [-0.25, -0.2) is 0 Å². The quantitative estimate of drug-likeness (QED) is 0.817. The van der Waals surface area contributed by atoms with Crippen LogP contribution in [0.1, 0.15) is 12.5 Å². The summed E-state index contributed by atoms with van der Waals surface area (Å²) in [6.45, 7) is 1.04. The zero-order valence-corrected chi connectivity index (χ0v) is 8.78. The third-order valence-corrected chi connectivity index (χ3v) is 2.32. The Labute approximate surface area is 92.1 Å². The Kier molecular flexibility index (Phi) is 3.95. The summed E-state index contributed by atoms with van der Waals surface area (Å²) in [6.07, 6.45) is -3.09. The van der Waals surface area contributed by atoms with Crippen molar-refractivity contribution in [3.8, 4) is 0 Å². The van der Waals surface area contributed by atoms with E-state index >= 15 is 0 Å². The molecule has 88 valence electrons. The maximum atomic E-state index is 12.1. The maximum Gasteiger partial charge on any atom is 0.315 e. The van der Waals surface area contributed by atoms with Gasteiger partial charge in [0.2, 0.25) is 0 Å². The molecule has 0 aliphatic rings. The predicted octanol–water partition coefficient (Wildman–Crippen LogP) is 1.28. The van der Waals surface area contributed by atoms with Crippen molar-refractivity contribution in [2.24, 2.45) is 0 Å². The molecule has 16 heavy (non-hydrogen) atoms. The van der Waals surface area contributed by atoms with Crippen LogP contribution in [0.15, 0.2) is 30.3 Å². The highest BCUT2D eigenvalue weighted by atomic mass is 19.3. The van der Waals surface area contributed by atoms with Crippen LogP contribution in [-0.4, -0.2) is 24.0 Å². The number of carbonyl (C=O) groups is 1. The van der Waals surface area contributed by atoms with Crippen LogP contribution in [0.2, 0.25) is 0 Å². The second kappa shape index (κ2) is 5.03. The van der Waals surface area contributed by atoms with Crippen LogP contribution in [-0.2, 0) is 10.3 Å². The number of hydrogen-bond donors (Lipinski definition) is 2. The molecule has 0 saturated carbocycles. The van der Waals surface area contributed by atoms with Crippen molar-refractivity contribution >= 4 is 5.91 Å². The first kappa shape index (κ1) is 12.6.